The van der Waals surface area contributed by atoms with Crippen LogP contribution in [0.3, 0.4) is 0 Å². The van der Waals surface area contributed by atoms with Crippen molar-refractivity contribution in [1.82, 2.24) is 0 Å². The maximum absolute atomic E-state index is 13.6. The average Bonchev–Trinajstić information content (AvgIpc) is 2.29. The molecule has 0 saturated heterocycles. The number of nitrogens with zero attached hydrogens (tertiary/aromatic N) is 1. The largest absolute Gasteiger partial charge is 0.206 e. The van der Waals surface area contributed by atoms with Crippen LogP contribution in [0.25, 0.3) is 11.1 Å². The predicted octanol–water partition coefficient (Wildman–Crippen LogP) is 3.65. The Kier molecular flexibility index (Phi) is 2.93. The summed E-state index contributed by atoms with van der Waals surface area (Å²) < 4.78 is 13.6. The molecule has 0 heterocycles. The number of hydrogen-bond acceptors (Lipinski definition) is 2. The van der Waals surface area contributed by atoms with Crippen molar-refractivity contribution >= 4 is 12.6 Å². The first-order chi connectivity index (χ1) is 7.70. The SMILES string of the molecule is N#Cc1ccc(-c2ccc(S)cc2F)cc1. The molecule has 0 aliphatic rings. The Morgan fingerprint density at radius 1 is 1.06 bits per heavy atom. The van der Waals surface area contributed by atoms with Crippen molar-refractivity contribution in [3.05, 3.63) is 53.8 Å². The van der Waals surface area contributed by atoms with Crippen molar-refractivity contribution in [3.8, 4) is 17.2 Å². The summed E-state index contributed by atoms with van der Waals surface area (Å²) in [6, 6.07) is 13.6. The zero-order valence-corrected chi connectivity index (χ0v) is 9.21. The molecule has 0 saturated carbocycles. The van der Waals surface area contributed by atoms with E-state index in [4.69, 9.17) is 5.26 Å². The molecule has 0 bridgehead atoms. The Labute approximate surface area is 98.6 Å². The molecule has 78 valence electrons. The van der Waals surface area contributed by atoms with Crippen LogP contribution in [-0.2, 0) is 0 Å². The molecule has 0 spiro atoms. The molecule has 0 N–H and O–H groups in total. The Bertz CT molecular complexity index is 555. The molecule has 0 aromatic heterocycles. The quantitative estimate of drug-likeness (QED) is 0.741. The number of nitriles is 1. The van der Waals surface area contributed by atoms with Crippen molar-refractivity contribution in [3.63, 3.8) is 0 Å². The molecule has 0 atom stereocenters. The van der Waals surface area contributed by atoms with Gasteiger partial charge in [0.15, 0.2) is 0 Å². The highest BCUT2D eigenvalue weighted by molar-refractivity contribution is 7.80. The van der Waals surface area contributed by atoms with E-state index in [1.807, 2.05) is 6.07 Å². The molecule has 2 rings (SSSR count). The van der Waals surface area contributed by atoms with Crippen LogP contribution in [0.5, 0.6) is 0 Å². The van der Waals surface area contributed by atoms with E-state index < -0.39 is 0 Å². The van der Waals surface area contributed by atoms with Gasteiger partial charge in [-0.3, -0.25) is 0 Å². The van der Waals surface area contributed by atoms with Gasteiger partial charge in [-0.1, -0.05) is 18.2 Å². The lowest BCUT2D eigenvalue weighted by atomic mass is 10.0. The van der Waals surface area contributed by atoms with Gasteiger partial charge in [0.1, 0.15) is 5.82 Å². The first-order valence-electron chi connectivity index (χ1n) is 4.70. The third-order valence-electron chi connectivity index (χ3n) is 2.28. The number of hydrogen-bond donors (Lipinski definition) is 1. The van der Waals surface area contributed by atoms with Gasteiger partial charge < -0.3 is 0 Å². The standard InChI is InChI=1S/C13H8FNS/c14-13-7-11(16)5-6-12(13)10-3-1-9(8-15)2-4-10/h1-7,16H. The molecule has 1 nitrogen and oxygen atoms in total. The molecule has 16 heavy (non-hydrogen) atoms. The summed E-state index contributed by atoms with van der Waals surface area (Å²) in [5, 5.41) is 8.66. The van der Waals surface area contributed by atoms with Crippen molar-refractivity contribution < 1.29 is 4.39 Å². The average molecular weight is 229 g/mol. The summed E-state index contributed by atoms with van der Waals surface area (Å²) in [5.74, 6) is -0.308. The van der Waals surface area contributed by atoms with Gasteiger partial charge in [-0.25, -0.2) is 4.39 Å². The fourth-order valence-electron chi connectivity index (χ4n) is 1.46. The van der Waals surface area contributed by atoms with Crippen LogP contribution in [0, 0.1) is 17.1 Å². The zero-order valence-electron chi connectivity index (χ0n) is 8.31. The van der Waals surface area contributed by atoms with E-state index in [1.165, 1.54) is 6.07 Å². The molecule has 3 heteroatoms. The van der Waals surface area contributed by atoms with E-state index in [1.54, 1.807) is 36.4 Å². The highest BCUT2D eigenvalue weighted by atomic mass is 32.1. The highest BCUT2D eigenvalue weighted by Crippen LogP contribution is 2.24. The monoisotopic (exact) mass is 229 g/mol. The fourth-order valence-corrected chi connectivity index (χ4v) is 1.65. The Hall–Kier alpha value is -1.79. The molecular formula is C13H8FNS. The minimum Gasteiger partial charge on any atom is -0.206 e. The van der Waals surface area contributed by atoms with Gasteiger partial charge >= 0.3 is 0 Å². The molecule has 0 fully saturated rings. The Morgan fingerprint density at radius 2 is 1.75 bits per heavy atom. The van der Waals surface area contributed by atoms with Crippen molar-refractivity contribution in [2.45, 2.75) is 4.90 Å². The third kappa shape index (κ3) is 2.07. The summed E-state index contributed by atoms with van der Waals surface area (Å²) in [7, 11) is 0. The highest BCUT2D eigenvalue weighted by Gasteiger charge is 2.04. The predicted molar refractivity (Wildman–Crippen MR) is 63.8 cm³/mol. The van der Waals surface area contributed by atoms with Crippen LogP contribution in [-0.4, -0.2) is 0 Å². The van der Waals surface area contributed by atoms with E-state index in [0.29, 0.717) is 16.0 Å². The first kappa shape index (κ1) is 10.7. The van der Waals surface area contributed by atoms with Crippen molar-refractivity contribution in [1.29, 1.82) is 5.26 Å². The minimum atomic E-state index is -0.308. The maximum atomic E-state index is 13.6. The lowest BCUT2D eigenvalue weighted by Gasteiger charge is -2.04. The lowest BCUT2D eigenvalue weighted by molar-refractivity contribution is 0.628. The van der Waals surface area contributed by atoms with Gasteiger partial charge in [-0.2, -0.15) is 5.26 Å². The van der Waals surface area contributed by atoms with E-state index in [-0.39, 0.29) is 5.82 Å². The summed E-state index contributed by atoms with van der Waals surface area (Å²) >= 11 is 4.06. The van der Waals surface area contributed by atoms with Crippen molar-refractivity contribution in [2.75, 3.05) is 0 Å². The Morgan fingerprint density at radius 3 is 2.31 bits per heavy atom. The van der Waals surface area contributed by atoms with Crippen LogP contribution in [0.1, 0.15) is 5.56 Å². The number of halogens is 1. The molecule has 0 aliphatic carbocycles. The molecule has 0 radical (unpaired) electrons. The molecule has 2 aromatic rings. The zero-order chi connectivity index (χ0) is 11.5. The summed E-state index contributed by atoms with van der Waals surface area (Å²) in [4.78, 5) is 0.592. The Balaban J connectivity index is 2.47. The van der Waals surface area contributed by atoms with Gasteiger partial charge in [-0.05, 0) is 29.8 Å². The van der Waals surface area contributed by atoms with E-state index >= 15 is 0 Å². The van der Waals surface area contributed by atoms with Gasteiger partial charge in [0.05, 0.1) is 11.6 Å². The van der Waals surface area contributed by atoms with Gasteiger partial charge in [-0.15, -0.1) is 12.6 Å². The summed E-state index contributed by atoms with van der Waals surface area (Å²) in [5.41, 5.74) is 1.84. The maximum Gasteiger partial charge on any atom is 0.132 e. The van der Waals surface area contributed by atoms with Crippen LogP contribution in [0.15, 0.2) is 47.4 Å². The van der Waals surface area contributed by atoms with E-state index in [2.05, 4.69) is 12.6 Å². The topological polar surface area (TPSA) is 23.8 Å². The molecular weight excluding hydrogens is 221 g/mol. The molecule has 0 amide bonds. The van der Waals surface area contributed by atoms with Gasteiger partial charge in [0.25, 0.3) is 0 Å². The number of thiol groups is 1. The minimum absolute atomic E-state index is 0.308. The number of rotatable bonds is 1. The lowest BCUT2D eigenvalue weighted by Crippen LogP contribution is -1.84. The van der Waals surface area contributed by atoms with Gasteiger partial charge in [0, 0.05) is 10.5 Å². The molecule has 0 unspecified atom stereocenters. The van der Waals surface area contributed by atoms with E-state index in [0.717, 1.165) is 5.56 Å². The number of benzene rings is 2. The first-order valence-corrected chi connectivity index (χ1v) is 5.14. The molecule has 0 aliphatic heterocycles. The summed E-state index contributed by atoms with van der Waals surface area (Å²) in [6.07, 6.45) is 0. The summed E-state index contributed by atoms with van der Waals surface area (Å²) in [6.45, 7) is 0. The van der Waals surface area contributed by atoms with Crippen LogP contribution in [0.4, 0.5) is 4.39 Å². The normalized spacial score (nSPS) is 9.81. The van der Waals surface area contributed by atoms with Crippen LogP contribution in [0.2, 0.25) is 0 Å². The fraction of sp³-hybridized carbons (Fsp3) is 0. The van der Waals surface area contributed by atoms with Crippen molar-refractivity contribution in [2.24, 2.45) is 0 Å². The second-order valence-electron chi connectivity index (χ2n) is 3.35. The molecule has 2 aromatic carbocycles. The third-order valence-corrected chi connectivity index (χ3v) is 2.56. The smallest absolute Gasteiger partial charge is 0.132 e. The second kappa shape index (κ2) is 4.38. The van der Waals surface area contributed by atoms with Crippen LogP contribution >= 0.6 is 12.6 Å². The second-order valence-corrected chi connectivity index (χ2v) is 3.87. The van der Waals surface area contributed by atoms with Gasteiger partial charge in [0.2, 0.25) is 0 Å². The van der Waals surface area contributed by atoms with E-state index in [9.17, 15) is 4.39 Å². The van der Waals surface area contributed by atoms with Crippen LogP contribution < -0.4 is 0 Å².